The minimum atomic E-state index is -0.781. The van der Waals surface area contributed by atoms with Crippen LogP contribution in [0.25, 0.3) is 0 Å². The zero-order valence-corrected chi connectivity index (χ0v) is 12.5. The Morgan fingerprint density at radius 2 is 2.00 bits per heavy atom. The molecule has 0 aromatic rings. The Morgan fingerprint density at radius 1 is 1.57 bits per heavy atom. The van der Waals surface area contributed by atoms with Crippen molar-refractivity contribution in [2.45, 2.75) is 0 Å². The van der Waals surface area contributed by atoms with E-state index in [0.717, 1.165) is 0 Å². The second kappa shape index (κ2) is 6.03. The van der Waals surface area contributed by atoms with E-state index in [1.807, 2.05) is 0 Å². The van der Waals surface area contributed by atoms with Gasteiger partial charge in [0, 0.05) is 0 Å². The van der Waals surface area contributed by atoms with E-state index in [2.05, 4.69) is 72.5 Å². The first kappa shape index (κ1) is 10.3. The molecule has 0 aliphatic carbocycles. The number of hydrogen-bond donors (Lipinski definition) is 1. The van der Waals surface area contributed by atoms with Crippen molar-refractivity contribution in [3.05, 3.63) is 0 Å². The fourth-order valence-corrected chi connectivity index (χ4v) is 4.07. The molecule has 0 saturated heterocycles. The third-order valence-electron chi connectivity index (χ3n) is 0.209. The van der Waals surface area contributed by atoms with Gasteiger partial charge in [0.25, 0.3) is 0 Å². The second-order valence-electron chi connectivity index (χ2n) is 0.585. The molecule has 0 fully saturated rings. The molecule has 0 spiro atoms. The van der Waals surface area contributed by atoms with Gasteiger partial charge in [0.05, 0.1) is 0 Å². The van der Waals surface area contributed by atoms with Crippen LogP contribution in [-0.2, 0) is 4.10 Å². The Morgan fingerprint density at radius 3 is 2.00 bits per heavy atom. The SMILES string of the molecule is SOB(I)I(I)I. The predicted octanol–water partition coefficient (Wildman–Crippen LogP) is 3.47. The number of halogens is 4. The van der Waals surface area contributed by atoms with E-state index < -0.39 is 11.7 Å². The van der Waals surface area contributed by atoms with Crippen LogP contribution >= 0.6 is 84.2 Å². The molecular weight excluding hydrogens is 566 g/mol. The number of rotatable bonds is 2. The number of thiol groups is 1. The van der Waals surface area contributed by atoms with Gasteiger partial charge >= 0.3 is 90.9 Å². The molecule has 0 aliphatic heterocycles. The fraction of sp³-hybridized carbons (Fsp3) is 0. The van der Waals surface area contributed by atoms with Gasteiger partial charge in [0.1, 0.15) is 0 Å². The molecule has 0 rings (SSSR count). The molecule has 7 heavy (non-hydrogen) atoms. The molecule has 0 N–H and O–H groups in total. The molecule has 0 heterocycles. The van der Waals surface area contributed by atoms with Gasteiger partial charge in [0.2, 0.25) is 0 Å². The normalized spacial score (nSPS) is 11.1. The molecule has 0 atom stereocenters. The summed E-state index contributed by atoms with van der Waals surface area (Å²) < 4.78 is 5.11. The summed E-state index contributed by atoms with van der Waals surface area (Å²) in [5.74, 6) is 0. The van der Waals surface area contributed by atoms with E-state index in [1.165, 1.54) is 0 Å². The van der Waals surface area contributed by atoms with Crippen LogP contribution in [0.4, 0.5) is 0 Å². The average Bonchev–Trinajstić information content (AvgIpc) is 1.65. The molecular formula is HBI4OS. The van der Waals surface area contributed by atoms with Gasteiger partial charge in [-0.1, -0.05) is 0 Å². The van der Waals surface area contributed by atoms with Crippen molar-refractivity contribution in [1.29, 1.82) is 0 Å². The third kappa shape index (κ3) is 5.73. The van der Waals surface area contributed by atoms with Crippen LogP contribution in [0, 0.1) is 0 Å². The van der Waals surface area contributed by atoms with Crippen molar-refractivity contribution in [3.63, 3.8) is 0 Å². The maximum absolute atomic E-state index is 4.75. The molecule has 0 amide bonds. The van der Waals surface area contributed by atoms with Crippen molar-refractivity contribution in [2.75, 3.05) is 0 Å². The molecule has 7 heteroatoms. The van der Waals surface area contributed by atoms with Crippen molar-refractivity contribution in [2.24, 2.45) is 0 Å². The summed E-state index contributed by atoms with van der Waals surface area (Å²) in [6.45, 7) is 0. The van der Waals surface area contributed by atoms with Gasteiger partial charge in [-0.05, 0) is 0 Å². The second-order valence-corrected chi connectivity index (χ2v) is 28.9. The predicted molar refractivity (Wildman–Crippen MR) is 71.9 cm³/mol. The molecule has 0 aromatic heterocycles. The van der Waals surface area contributed by atoms with E-state index >= 15 is 0 Å². The molecule has 0 unspecified atom stereocenters. The average molecular weight is 568 g/mol. The summed E-state index contributed by atoms with van der Waals surface area (Å²) in [5, 5.41) is 0. The maximum atomic E-state index is 4.75. The summed E-state index contributed by atoms with van der Waals surface area (Å²) in [6.07, 6.45) is 0. The van der Waals surface area contributed by atoms with Crippen LogP contribution in [0.5, 0.6) is 0 Å². The van der Waals surface area contributed by atoms with Crippen molar-refractivity contribution in [1.82, 2.24) is 0 Å². The summed E-state index contributed by atoms with van der Waals surface area (Å²) in [5.41, 5.74) is 0. The van der Waals surface area contributed by atoms with Gasteiger partial charge < -0.3 is 0 Å². The van der Waals surface area contributed by atoms with Crippen molar-refractivity contribution in [3.8, 4) is 0 Å². The molecule has 0 aromatic carbocycles. The molecule has 44 valence electrons. The van der Waals surface area contributed by atoms with Gasteiger partial charge in [-0.25, -0.2) is 0 Å². The van der Waals surface area contributed by atoms with Crippen molar-refractivity contribution >= 4 is 86.8 Å². The van der Waals surface area contributed by atoms with Crippen molar-refractivity contribution < 1.29 is 4.10 Å². The van der Waals surface area contributed by atoms with Crippen LogP contribution in [0.3, 0.4) is 0 Å². The zero-order chi connectivity index (χ0) is 5.86. The van der Waals surface area contributed by atoms with Gasteiger partial charge in [-0.2, -0.15) is 0 Å². The Hall–Kier alpha value is 3.29. The summed E-state index contributed by atoms with van der Waals surface area (Å²) in [4.78, 5) is 0. The first-order chi connectivity index (χ1) is 3.18. The third-order valence-corrected chi connectivity index (χ3v) is 23.5. The summed E-state index contributed by atoms with van der Waals surface area (Å²) in [6, 6.07) is 0. The monoisotopic (exact) mass is 568 g/mol. The molecule has 0 saturated carbocycles. The van der Waals surface area contributed by atoms with Crippen LogP contribution in [0.1, 0.15) is 0 Å². The standard InChI is InChI=1S/BHI4OS/c2-1(6-7)5(3)4/h7H. The molecule has 0 bridgehead atoms. The molecule has 1 nitrogen and oxygen atoms in total. The Balaban J connectivity index is 3.14. The van der Waals surface area contributed by atoms with Crippen LogP contribution in [0.15, 0.2) is 0 Å². The van der Waals surface area contributed by atoms with Gasteiger partial charge in [-0.3, -0.25) is 0 Å². The van der Waals surface area contributed by atoms with E-state index in [9.17, 15) is 0 Å². The van der Waals surface area contributed by atoms with E-state index in [1.54, 1.807) is 0 Å². The Bertz CT molecular complexity index is 49.0. The van der Waals surface area contributed by atoms with Gasteiger partial charge in [-0.15, -0.1) is 0 Å². The van der Waals surface area contributed by atoms with Crippen LogP contribution in [0.2, 0.25) is 0 Å². The number of hydrogen-bond acceptors (Lipinski definition) is 2. The first-order valence-corrected chi connectivity index (χ1v) is 16.6. The Labute approximate surface area is 88.5 Å². The van der Waals surface area contributed by atoms with E-state index in [4.69, 9.17) is 4.10 Å². The summed E-state index contributed by atoms with van der Waals surface area (Å²) in [7, 11) is 0. The Kier molecular flexibility index (Phi) is 8.87. The summed E-state index contributed by atoms with van der Waals surface area (Å²) >= 11 is 10.0. The fourth-order valence-electron chi connectivity index (χ4n) is 0.0301. The van der Waals surface area contributed by atoms with E-state index in [-0.39, 0.29) is 0 Å². The van der Waals surface area contributed by atoms with E-state index in [0.29, 0.717) is 2.63 Å². The van der Waals surface area contributed by atoms with Gasteiger partial charge in [0.15, 0.2) is 0 Å². The molecule has 0 aliphatic rings. The van der Waals surface area contributed by atoms with Crippen LogP contribution in [-0.4, -0.2) is 2.63 Å². The quantitative estimate of drug-likeness (QED) is 0.233. The first-order valence-electron chi connectivity index (χ1n) is 1.14. The minimum absolute atomic E-state index is 0.367. The van der Waals surface area contributed by atoms with Crippen LogP contribution < -0.4 is 0 Å². The topological polar surface area (TPSA) is 9.23 Å². The zero-order valence-electron chi connectivity index (χ0n) is 2.94. The molecule has 0 radical (unpaired) electrons.